The molecule has 0 aromatic heterocycles. The molecule has 1 aliphatic carbocycles. The zero-order valence-corrected chi connectivity index (χ0v) is 14.9. The molecule has 0 bridgehead atoms. The molecule has 0 aromatic rings. The summed E-state index contributed by atoms with van der Waals surface area (Å²) in [7, 11) is 2.57. The molecule has 7 heteroatoms. The van der Waals surface area contributed by atoms with Gasteiger partial charge in [0.15, 0.2) is 0 Å². The second-order valence-electron chi connectivity index (χ2n) is 4.59. The first-order valence-electron chi connectivity index (χ1n) is 6.17. The molecule has 110 valence electrons. The van der Waals surface area contributed by atoms with Crippen LogP contribution in [0.15, 0.2) is 22.7 Å². The van der Waals surface area contributed by atoms with Gasteiger partial charge in [-0.1, -0.05) is 6.92 Å². The summed E-state index contributed by atoms with van der Waals surface area (Å²) in [5, 5.41) is 10.7. The molecule has 0 aliphatic heterocycles. The SMILES string of the molecule is COC1=C(OC)C(=O)C(CCC(C)C(=O)[O-])=C(C)C1=O.[Na+]. The maximum Gasteiger partial charge on any atom is 1.00 e. The van der Waals surface area contributed by atoms with Gasteiger partial charge >= 0.3 is 29.6 Å². The Hall–Kier alpha value is -1.11. The Morgan fingerprint density at radius 1 is 1.14 bits per heavy atom. The van der Waals surface area contributed by atoms with Crippen molar-refractivity contribution in [1.82, 2.24) is 0 Å². The van der Waals surface area contributed by atoms with Crippen LogP contribution in [-0.2, 0) is 23.9 Å². The Morgan fingerprint density at radius 2 is 1.62 bits per heavy atom. The van der Waals surface area contributed by atoms with E-state index in [-0.39, 0.29) is 65.1 Å². The van der Waals surface area contributed by atoms with E-state index in [0.29, 0.717) is 0 Å². The number of carboxylic acids is 1. The van der Waals surface area contributed by atoms with E-state index in [4.69, 9.17) is 9.47 Å². The summed E-state index contributed by atoms with van der Waals surface area (Å²) in [6.45, 7) is 3.01. The number of rotatable bonds is 6. The normalized spacial score (nSPS) is 16.6. The Kier molecular flexibility index (Phi) is 7.92. The molecule has 0 saturated carbocycles. The van der Waals surface area contributed by atoms with Crippen LogP contribution in [0.4, 0.5) is 0 Å². The molecule has 1 rings (SSSR count). The summed E-state index contributed by atoms with van der Waals surface area (Å²) in [4.78, 5) is 35.0. The van der Waals surface area contributed by atoms with Gasteiger partial charge < -0.3 is 19.4 Å². The van der Waals surface area contributed by atoms with Gasteiger partial charge in [-0.05, 0) is 25.7 Å². The van der Waals surface area contributed by atoms with Gasteiger partial charge in [0.2, 0.25) is 23.1 Å². The van der Waals surface area contributed by atoms with Crippen LogP contribution in [0.3, 0.4) is 0 Å². The molecule has 0 fully saturated rings. The third kappa shape index (κ3) is 4.18. The molecule has 0 N–H and O–H groups in total. The summed E-state index contributed by atoms with van der Waals surface area (Å²) in [5.41, 5.74) is 0.527. The largest absolute Gasteiger partial charge is 1.00 e. The van der Waals surface area contributed by atoms with Gasteiger partial charge in [0.05, 0.1) is 14.2 Å². The van der Waals surface area contributed by atoms with Gasteiger partial charge in [0.1, 0.15) is 0 Å². The number of ketones is 2. The quantitative estimate of drug-likeness (QED) is 0.387. The number of hydrogen-bond acceptors (Lipinski definition) is 6. The van der Waals surface area contributed by atoms with Crippen LogP contribution in [0.5, 0.6) is 0 Å². The smallest absolute Gasteiger partial charge is 0.550 e. The molecule has 0 spiro atoms. The van der Waals surface area contributed by atoms with Crippen LogP contribution in [-0.4, -0.2) is 31.8 Å². The topological polar surface area (TPSA) is 92.7 Å². The average Bonchev–Trinajstić information content (AvgIpc) is 2.41. The number of carbonyl (C=O) groups excluding carboxylic acids is 3. The van der Waals surface area contributed by atoms with Crippen molar-refractivity contribution < 1.29 is 58.5 Å². The van der Waals surface area contributed by atoms with Crippen molar-refractivity contribution in [2.75, 3.05) is 14.2 Å². The van der Waals surface area contributed by atoms with E-state index >= 15 is 0 Å². The summed E-state index contributed by atoms with van der Waals surface area (Å²) in [6.07, 6.45) is 0.392. The van der Waals surface area contributed by atoms with Crippen LogP contribution < -0.4 is 34.7 Å². The molecule has 21 heavy (non-hydrogen) atoms. The average molecular weight is 304 g/mol. The predicted molar refractivity (Wildman–Crippen MR) is 67.2 cm³/mol. The minimum Gasteiger partial charge on any atom is -0.550 e. The van der Waals surface area contributed by atoms with Crippen LogP contribution in [0, 0.1) is 5.92 Å². The summed E-state index contributed by atoms with van der Waals surface area (Å²) in [6, 6.07) is 0. The Bertz CT molecular complexity index is 518. The molecule has 1 unspecified atom stereocenters. The van der Waals surface area contributed by atoms with Crippen molar-refractivity contribution in [2.24, 2.45) is 5.92 Å². The van der Waals surface area contributed by atoms with Gasteiger partial charge in [-0.3, -0.25) is 9.59 Å². The molecular formula is C14H17NaO6. The molecule has 0 radical (unpaired) electrons. The van der Waals surface area contributed by atoms with Gasteiger partial charge in [-0.25, -0.2) is 0 Å². The van der Waals surface area contributed by atoms with Crippen molar-refractivity contribution in [3.8, 4) is 0 Å². The van der Waals surface area contributed by atoms with E-state index in [1.807, 2.05) is 0 Å². The van der Waals surface area contributed by atoms with Crippen LogP contribution >= 0.6 is 0 Å². The van der Waals surface area contributed by atoms with E-state index in [2.05, 4.69) is 0 Å². The van der Waals surface area contributed by atoms with Crippen molar-refractivity contribution in [3.05, 3.63) is 22.7 Å². The van der Waals surface area contributed by atoms with Gasteiger partial charge in [0, 0.05) is 17.1 Å². The van der Waals surface area contributed by atoms with Crippen LogP contribution in [0.25, 0.3) is 0 Å². The maximum absolute atomic E-state index is 12.2. The first-order valence-corrected chi connectivity index (χ1v) is 6.17. The van der Waals surface area contributed by atoms with E-state index < -0.39 is 23.5 Å². The number of allylic oxidation sites excluding steroid dienone is 2. The number of aliphatic carboxylic acids is 1. The van der Waals surface area contributed by atoms with Gasteiger partial charge in [-0.15, -0.1) is 0 Å². The number of methoxy groups -OCH3 is 2. The number of ether oxygens (including phenoxy) is 2. The van der Waals surface area contributed by atoms with Crippen molar-refractivity contribution >= 4 is 17.5 Å². The third-order valence-electron chi connectivity index (χ3n) is 3.32. The maximum atomic E-state index is 12.2. The minimum atomic E-state index is -1.18. The molecule has 6 nitrogen and oxygen atoms in total. The van der Waals surface area contributed by atoms with Crippen molar-refractivity contribution in [2.45, 2.75) is 26.7 Å². The number of carboxylic acid groups (broad SMARTS) is 1. The van der Waals surface area contributed by atoms with E-state index in [0.717, 1.165) is 0 Å². The van der Waals surface area contributed by atoms with Gasteiger partial charge in [-0.2, -0.15) is 0 Å². The van der Waals surface area contributed by atoms with Crippen LogP contribution in [0.2, 0.25) is 0 Å². The standard InChI is InChI=1S/C14H18O6.Na/c1-7(14(17)18)5-6-9-8(2)10(15)12(19-3)13(20-4)11(9)16;/h7H,5-6H2,1-4H3,(H,17,18);/q;+1/p-1. The summed E-state index contributed by atoms with van der Waals surface area (Å²) in [5.74, 6) is -2.99. The Labute approximate surface area is 145 Å². The summed E-state index contributed by atoms with van der Waals surface area (Å²) >= 11 is 0. The molecule has 0 heterocycles. The van der Waals surface area contributed by atoms with Crippen molar-refractivity contribution in [3.63, 3.8) is 0 Å². The third-order valence-corrected chi connectivity index (χ3v) is 3.32. The monoisotopic (exact) mass is 304 g/mol. The molecular weight excluding hydrogens is 287 g/mol. The zero-order valence-electron chi connectivity index (χ0n) is 12.9. The second-order valence-corrected chi connectivity index (χ2v) is 4.59. The fourth-order valence-corrected chi connectivity index (χ4v) is 1.97. The molecule has 1 atom stereocenters. The molecule has 1 aliphatic rings. The second kappa shape index (κ2) is 8.36. The van der Waals surface area contributed by atoms with Crippen LogP contribution in [0.1, 0.15) is 26.7 Å². The number of hydrogen-bond donors (Lipinski definition) is 0. The predicted octanol–water partition coefficient (Wildman–Crippen LogP) is -2.87. The number of carbonyl (C=O) groups is 3. The molecule has 0 saturated heterocycles. The van der Waals surface area contributed by atoms with E-state index in [9.17, 15) is 19.5 Å². The number of Topliss-reactive ketones (excluding diaryl/α,β-unsaturated/α-hetero) is 2. The van der Waals surface area contributed by atoms with E-state index in [1.54, 1.807) is 0 Å². The molecule has 0 aromatic carbocycles. The fourth-order valence-electron chi connectivity index (χ4n) is 1.97. The summed E-state index contributed by atoms with van der Waals surface area (Å²) < 4.78 is 9.84. The minimum absolute atomic E-state index is 0. The fraction of sp³-hybridized carbons (Fsp3) is 0.500. The molecule has 0 amide bonds. The first kappa shape index (κ1) is 19.9. The Balaban J connectivity index is 0.00000400. The first-order chi connectivity index (χ1) is 9.34. The Morgan fingerprint density at radius 3 is 2.05 bits per heavy atom. The van der Waals surface area contributed by atoms with Crippen molar-refractivity contribution in [1.29, 1.82) is 0 Å². The zero-order chi connectivity index (χ0) is 15.4. The van der Waals surface area contributed by atoms with E-state index in [1.165, 1.54) is 28.1 Å². The van der Waals surface area contributed by atoms with Gasteiger partial charge in [0.25, 0.3) is 0 Å².